The zero-order chi connectivity index (χ0) is 27.9. The normalized spacial score (nSPS) is 11.5. The van der Waals surface area contributed by atoms with Crippen molar-refractivity contribution in [1.82, 2.24) is 9.78 Å². The Labute approximate surface area is 226 Å². The molecule has 0 fully saturated rings. The minimum Gasteiger partial charge on any atom is -0.322 e. The first kappa shape index (κ1) is 25.9. The number of amides is 2. The summed E-state index contributed by atoms with van der Waals surface area (Å²) in [6.45, 7) is 8.90. The van der Waals surface area contributed by atoms with Gasteiger partial charge in [0.1, 0.15) is 0 Å². The van der Waals surface area contributed by atoms with Crippen LogP contribution in [0.2, 0.25) is 0 Å². The number of hydrogen-bond acceptors (Lipinski definition) is 4. The lowest BCUT2D eigenvalue weighted by atomic mass is 9.95. The Morgan fingerprint density at radius 1 is 0.846 bits per heavy atom. The standard InChI is InChI=1S/C32H30N4O3/c1-19-9-6-11-23(17-19)34-30(38)26-13-7-10-21-18-22(15-16-24(21)26)25-12-8-14-27-28(25)29(33-20(2)37)35-36(27)31(39)32(3,4)5/h6-18H,1-5H3,(H,34,38)(H,33,35,37). The summed E-state index contributed by atoms with van der Waals surface area (Å²) >= 11 is 0. The number of anilines is 2. The van der Waals surface area contributed by atoms with Gasteiger partial charge in [-0.3, -0.25) is 14.4 Å². The largest absolute Gasteiger partial charge is 0.322 e. The van der Waals surface area contributed by atoms with Gasteiger partial charge >= 0.3 is 0 Å². The molecule has 0 aliphatic rings. The number of carbonyl (C=O) groups is 3. The highest BCUT2D eigenvalue weighted by Crippen LogP contribution is 2.36. The van der Waals surface area contributed by atoms with E-state index in [0.717, 1.165) is 33.2 Å². The zero-order valence-corrected chi connectivity index (χ0v) is 22.6. The molecule has 0 saturated heterocycles. The van der Waals surface area contributed by atoms with Crippen LogP contribution in [0.3, 0.4) is 0 Å². The molecule has 1 heterocycles. The van der Waals surface area contributed by atoms with Gasteiger partial charge in [-0.1, -0.05) is 69.3 Å². The first-order valence-electron chi connectivity index (χ1n) is 12.8. The molecule has 5 rings (SSSR count). The molecule has 7 nitrogen and oxygen atoms in total. The van der Waals surface area contributed by atoms with E-state index >= 15 is 0 Å². The molecule has 2 N–H and O–H groups in total. The van der Waals surface area contributed by atoms with E-state index in [1.165, 1.54) is 11.6 Å². The molecule has 0 bridgehead atoms. The first-order valence-corrected chi connectivity index (χ1v) is 12.8. The van der Waals surface area contributed by atoms with Crippen molar-refractivity contribution >= 4 is 50.9 Å². The Morgan fingerprint density at radius 2 is 1.59 bits per heavy atom. The third-order valence-corrected chi connectivity index (χ3v) is 6.55. The van der Waals surface area contributed by atoms with Crippen LogP contribution in [0, 0.1) is 12.3 Å². The lowest BCUT2D eigenvalue weighted by Gasteiger charge is -2.16. The van der Waals surface area contributed by atoms with E-state index in [4.69, 9.17) is 0 Å². The smallest absolute Gasteiger partial charge is 0.256 e. The maximum Gasteiger partial charge on any atom is 0.256 e. The summed E-state index contributed by atoms with van der Waals surface area (Å²) in [6, 6.07) is 24.8. The van der Waals surface area contributed by atoms with Gasteiger partial charge in [-0.15, -0.1) is 5.10 Å². The molecule has 0 unspecified atom stereocenters. The summed E-state index contributed by atoms with van der Waals surface area (Å²) < 4.78 is 1.37. The number of nitrogens with one attached hydrogen (secondary N) is 2. The van der Waals surface area contributed by atoms with Crippen LogP contribution in [-0.2, 0) is 4.79 Å². The zero-order valence-electron chi connectivity index (χ0n) is 22.6. The van der Waals surface area contributed by atoms with Crippen molar-refractivity contribution in [2.75, 3.05) is 10.6 Å². The number of aromatic nitrogens is 2. The fourth-order valence-electron chi connectivity index (χ4n) is 4.71. The highest BCUT2D eigenvalue weighted by Gasteiger charge is 2.28. The van der Waals surface area contributed by atoms with Gasteiger partial charge in [-0.05, 0) is 64.7 Å². The molecular formula is C32H30N4O3. The van der Waals surface area contributed by atoms with Gasteiger partial charge in [0, 0.05) is 23.6 Å². The van der Waals surface area contributed by atoms with Crippen molar-refractivity contribution in [3.05, 3.63) is 90.0 Å². The van der Waals surface area contributed by atoms with E-state index in [1.807, 2.05) is 107 Å². The first-order chi connectivity index (χ1) is 18.5. The summed E-state index contributed by atoms with van der Waals surface area (Å²) in [7, 11) is 0. The van der Waals surface area contributed by atoms with E-state index < -0.39 is 5.41 Å². The Balaban J connectivity index is 1.62. The summed E-state index contributed by atoms with van der Waals surface area (Å²) in [5.41, 5.74) is 4.02. The predicted octanol–water partition coefficient (Wildman–Crippen LogP) is 7.06. The van der Waals surface area contributed by atoms with Gasteiger partial charge in [0.15, 0.2) is 5.82 Å². The minimum atomic E-state index is -0.666. The van der Waals surface area contributed by atoms with Gasteiger partial charge in [-0.2, -0.15) is 4.68 Å². The molecule has 39 heavy (non-hydrogen) atoms. The number of rotatable bonds is 4. The van der Waals surface area contributed by atoms with Gasteiger partial charge in [0.25, 0.3) is 11.8 Å². The highest BCUT2D eigenvalue weighted by atomic mass is 16.2. The SMILES string of the molecule is CC(=O)Nc1nn(C(=O)C(C)(C)C)c2cccc(-c3ccc4c(C(=O)Nc5cccc(C)c5)cccc4c3)c12. The molecule has 0 radical (unpaired) electrons. The summed E-state index contributed by atoms with van der Waals surface area (Å²) in [4.78, 5) is 38.4. The van der Waals surface area contributed by atoms with Crippen molar-refractivity contribution in [1.29, 1.82) is 0 Å². The number of hydrogen-bond donors (Lipinski definition) is 2. The lowest BCUT2D eigenvalue weighted by Crippen LogP contribution is -2.27. The molecule has 0 aliphatic heterocycles. The molecular weight excluding hydrogens is 488 g/mol. The number of benzene rings is 4. The monoisotopic (exact) mass is 518 g/mol. The maximum atomic E-state index is 13.2. The van der Waals surface area contributed by atoms with Crippen LogP contribution < -0.4 is 10.6 Å². The van der Waals surface area contributed by atoms with E-state index in [1.54, 1.807) is 0 Å². The van der Waals surface area contributed by atoms with Gasteiger partial charge in [-0.25, -0.2) is 0 Å². The maximum absolute atomic E-state index is 13.2. The second-order valence-corrected chi connectivity index (χ2v) is 10.8. The summed E-state index contributed by atoms with van der Waals surface area (Å²) in [5.74, 6) is -0.306. The van der Waals surface area contributed by atoms with Crippen molar-refractivity contribution in [2.45, 2.75) is 34.6 Å². The fourth-order valence-corrected chi connectivity index (χ4v) is 4.71. The van der Waals surface area contributed by atoms with Gasteiger partial charge < -0.3 is 10.6 Å². The Hall–Kier alpha value is -4.78. The van der Waals surface area contributed by atoms with Crippen LogP contribution in [0.5, 0.6) is 0 Å². The second kappa shape index (κ2) is 9.83. The molecule has 2 amide bonds. The number of fused-ring (bicyclic) bond motifs is 2. The number of nitrogens with zero attached hydrogens (tertiary/aromatic N) is 2. The van der Waals surface area contributed by atoms with Crippen molar-refractivity contribution in [3.63, 3.8) is 0 Å². The van der Waals surface area contributed by atoms with E-state index in [-0.39, 0.29) is 17.7 Å². The number of aryl methyl sites for hydroxylation is 1. The Bertz CT molecular complexity index is 1780. The van der Waals surface area contributed by atoms with Crippen LogP contribution >= 0.6 is 0 Å². The van der Waals surface area contributed by atoms with E-state index in [0.29, 0.717) is 22.3 Å². The predicted molar refractivity (Wildman–Crippen MR) is 156 cm³/mol. The molecule has 0 aliphatic carbocycles. The third kappa shape index (κ3) is 5.03. The topological polar surface area (TPSA) is 93.1 Å². The lowest BCUT2D eigenvalue weighted by molar-refractivity contribution is -0.114. The van der Waals surface area contributed by atoms with Crippen molar-refractivity contribution < 1.29 is 14.4 Å². The molecule has 5 aromatic rings. The quantitative estimate of drug-likeness (QED) is 0.266. The van der Waals surface area contributed by atoms with E-state index in [2.05, 4.69) is 15.7 Å². The molecule has 4 aromatic carbocycles. The van der Waals surface area contributed by atoms with Crippen LogP contribution in [-0.4, -0.2) is 27.5 Å². The van der Waals surface area contributed by atoms with Crippen LogP contribution in [0.15, 0.2) is 78.9 Å². The molecule has 196 valence electrons. The second-order valence-electron chi connectivity index (χ2n) is 10.8. The van der Waals surface area contributed by atoms with Crippen molar-refractivity contribution in [2.24, 2.45) is 5.41 Å². The highest BCUT2D eigenvalue weighted by molar-refractivity contribution is 6.14. The van der Waals surface area contributed by atoms with E-state index in [9.17, 15) is 14.4 Å². The summed E-state index contributed by atoms with van der Waals surface area (Å²) in [5, 5.41) is 12.7. The minimum absolute atomic E-state index is 0.177. The molecule has 1 aromatic heterocycles. The van der Waals surface area contributed by atoms with Crippen LogP contribution in [0.25, 0.3) is 32.8 Å². The average Bonchev–Trinajstić information content (AvgIpc) is 3.24. The van der Waals surface area contributed by atoms with Crippen molar-refractivity contribution in [3.8, 4) is 11.1 Å². The Kier molecular flexibility index (Phi) is 6.52. The van der Waals surface area contributed by atoms with Gasteiger partial charge in [0.05, 0.1) is 10.9 Å². The average molecular weight is 519 g/mol. The van der Waals surface area contributed by atoms with Crippen LogP contribution in [0.1, 0.15) is 48.4 Å². The third-order valence-electron chi connectivity index (χ3n) is 6.55. The molecule has 7 heteroatoms. The molecule has 0 spiro atoms. The summed E-state index contributed by atoms with van der Waals surface area (Å²) in [6.07, 6.45) is 0. The molecule has 0 atom stereocenters. The molecule has 0 saturated carbocycles. The number of carbonyl (C=O) groups excluding carboxylic acids is 3. The Morgan fingerprint density at radius 3 is 2.31 bits per heavy atom. The fraction of sp³-hybridized carbons (Fsp3) is 0.188. The van der Waals surface area contributed by atoms with Crippen LogP contribution in [0.4, 0.5) is 11.5 Å². The van der Waals surface area contributed by atoms with Gasteiger partial charge in [0.2, 0.25) is 5.91 Å².